The molecule has 6 nitrogen and oxygen atoms in total. The Morgan fingerprint density at radius 2 is 1.76 bits per heavy atom. The molecule has 0 saturated heterocycles. The summed E-state index contributed by atoms with van der Waals surface area (Å²) in [7, 11) is -3.57. The normalized spacial score (nSPS) is 18.1. The fraction of sp³-hybridized carbons (Fsp3) is 0.722. The summed E-state index contributed by atoms with van der Waals surface area (Å²) in [5.74, 6) is 0.582. The highest BCUT2D eigenvalue weighted by molar-refractivity contribution is 7.89. The quantitative estimate of drug-likeness (QED) is 0.772. The van der Waals surface area contributed by atoms with Crippen LogP contribution >= 0.6 is 0 Å². The molecule has 0 bridgehead atoms. The van der Waals surface area contributed by atoms with E-state index in [0.29, 0.717) is 12.4 Å². The van der Waals surface area contributed by atoms with Crippen LogP contribution in [0.5, 0.6) is 0 Å². The minimum atomic E-state index is -3.57. The fourth-order valence-electron chi connectivity index (χ4n) is 3.55. The Morgan fingerprint density at radius 3 is 2.24 bits per heavy atom. The number of rotatable bonds is 7. The number of aromatic nitrogens is 1. The zero-order valence-electron chi connectivity index (χ0n) is 15.7. The minimum absolute atomic E-state index is 0.122. The van der Waals surface area contributed by atoms with Crippen LogP contribution in [0.1, 0.15) is 59.8 Å². The molecule has 142 valence electrons. The van der Waals surface area contributed by atoms with Gasteiger partial charge in [-0.3, -0.25) is 0 Å². The van der Waals surface area contributed by atoms with Gasteiger partial charge in [0.15, 0.2) is 0 Å². The topological polar surface area (TPSA) is 82.5 Å². The van der Waals surface area contributed by atoms with Crippen molar-refractivity contribution < 1.29 is 13.5 Å². The lowest BCUT2D eigenvalue weighted by Crippen LogP contribution is -2.42. The Labute approximate surface area is 151 Å². The third-order valence-electron chi connectivity index (χ3n) is 4.71. The van der Waals surface area contributed by atoms with Crippen LogP contribution in [0, 0.1) is 0 Å². The van der Waals surface area contributed by atoms with E-state index in [-0.39, 0.29) is 17.0 Å². The fourth-order valence-corrected chi connectivity index (χ4v) is 5.33. The monoisotopic (exact) mass is 369 g/mol. The second kappa shape index (κ2) is 8.01. The number of anilines is 1. The zero-order valence-corrected chi connectivity index (χ0v) is 16.5. The molecule has 1 aromatic rings. The van der Waals surface area contributed by atoms with Crippen molar-refractivity contribution >= 4 is 15.8 Å². The average molecular weight is 370 g/mol. The number of pyridine rings is 1. The van der Waals surface area contributed by atoms with Crippen LogP contribution in [0.3, 0.4) is 0 Å². The van der Waals surface area contributed by atoms with Crippen molar-refractivity contribution in [2.24, 2.45) is 0 Å². The summed E-state index contributed by atoms with van der Waals surface area (Å²) < 4.78 is 27.1. The Bertz CT molecular complexity index is 643. The van der Waals surface area contributed by atoms with Gasteiger partial charge in [0.2, 0.25) is 10.0 Å². The van der Waals surface area contributed by atoms with Gasteiger partial charge in [-0.2, -0.15) is 4.31 Å². The molecule has 25 heavy (non-hydrogen) atoms. The molecule has 1 aromatic heterocycles. The molecule has 0 atom stereocenters. The Morgan fingerprint density at radius 1 is 1.16 bits per heavy atom. The van der Waals surface area contributed by atoms with E-state index < -0.39 is 15.6 Å². The highest BCUT2D eigenvalue weighted by Crippen LogP contribution is 2.28. The molecule has 0 spiro atoms. The van der Waals surface area contributed by atoms with Crippen LogP contribution < -0.4 is 5.32 Å². The average Bonchev–Trinajstić information content (AvgIpc) is 2.53. The molecule has 1 aliphatic rings. The summed E-state index contributed by atoms with van der Waals surface area (Å²) in [6.07, 6.45) is 6.25. The molecule has 1 fully saturated rings. The first-order valence-corrected chi connectivity index (χ1v) is 10.6. The van der Waals surface area contributed by atoms with Gasteiger partial charge in [-0.25, -0.2) is 13.4 Å². The Kier molecular flexibility index (Phi) is 6.45. The molecule has 0 radical (unpaired) electrons. The smallest absolute Gasteiger partial charge is 0.245 e. The van der Waals surface area contributed by atoms with Gasteiger partial charge in [-0.1, -0.05) is 19.3 Å². The van der Waals surface area contributed by atoms with Crippen LogP contribution in [0.2, 0.25) is 0 Å². The molecular formula is C18H31N3O3S. The van der Waals surface area contributed by atoms with Crippen LogP contribution in [0.15, 0.2) is 23.2 Å². The molecule has 2 rings (SSSR count). The van der Waals surface area contributed by atoms with E-state index in [2.05, 4.69) is 10.3 Å². The Hall–Kier alpha value is -1.18. The number of nitrogens with one attached hydrogen (secondary N) is 1. The predicted molar refractivity (Wildman–Crippen MR) is 100 cm³/mol. The molecule has 0 aliphatic heterocycles. The van der Waals surface area contributed by atoms with Gasteiger partial charge in [0, 0.05) is 24.8 Å². The van der Waals surface area contributed by atoms with Crippen LogP contribution in [-0.4, -0.2) is 47.0 Å². The molecule has 1 heterocycles. The standard InChI is InChI=1S/C18H31N3O3S/c1-14(2)21(15(3)4)25(23,24)16-8-9-17(19-12-16)20-13-18(22)10-6-5-7-11-18/h8-9,12,14-15,22H,5-7,10-11,13H2,1-4H3,(H,19,20). The SMILES string of the molecule is CC(C)N(C(C)C)S(=O)(=O)c1ccc(NCC2(O)CCCCC2)nc1. The summed E-state index contributed by atoms with van der Waals surface area (Å²) in [4.78, 5) is 4.43. The van der Waals surface area contributed by atoms with E-state index in [0.717, 1.165) is 25.7 Å². The van der Waals surface area contributed by atoms with Crippen molar-refractivity contribution in [3.8, 4) is 0 Å². The van der Waals surface area contributed by atoms with E-state index in [1.165, 1.54) is 16.9 Å². The number of hydrogen-bond acceptors (Lipinski definition) is 5. The maximum absolute atomic E-state index is 12.8. The van der Waals surface area contributed by atoms with Gasteiger partial charge in [0.1, 0.15) is 10.7 Å². The highest BCUT2D eigenvalue weighted by Gasteiger charge is 2.30. The summed E-state index contributed by atoms with van der Waals surface area (Å²) >= 11 is 0. The van der Waals surface area contributed by atoms with Gasteiger partial charge in [0.05, 0.1) is 5.60 Å². The summed E-state index contributed by atoms with van der Waals surface area (Å²) in [6.45, 7) is 7.91. The molecule has 7 heteroatoms. The van der Waals surface area contributed by atoms with Gasteiger partial charge in [0.25, 0.3) is 0 Å². The number of aliphatic hydroxyl groups is 1. The zero-order chi connectivity index (χ0) is 18.7. The third-order valence-corrected chi connectivity index (χ3v) is 6.95. The molecule has 2 N–H and O–H groups in total. The van der Waals surface area contributed by atoms with Gasteiger partial charge >= 0.3 is 0 Å². The van der Waals surface area contributed by atoms with Gasteiger partial charge < -0.3 is 10.4 Å². The van der Waals surface area contributed by atoms with Crippen molar-refractivity contribution in [1.29, 1.82) is 0 Å². The number of hydrogen-bond donors (Lipinski definition) is 2. The van der Waals surface area contributed by atoms with E-state index in [1.54, 1.807) is 12.1 Å². The first kappa shape index (κ1) is 20.1. The molecular weight excluding hydrogens is 338 g/mol. The Balaban J connectivity index is 2.08. The first-order chi connectivity index (χ1) is 11.7. The molecule has 1 aliphatic carbocycles. The predicted octanol–water partition coefficient (Wildman–Crippen LogP) is 3.00. The van der Waals surface area contributed by atoms with Crippen molar-refractivity contribution in [2.45, 2.75) is 82.4 Å². The first-order valence-electron chi connectivity index (χ1n) is 9.11. The van der Waals surface area contributed by atoms with Crippen molar-refractivity contribution in [2.75, 3.05) is 11.9 Å². The summed E-state index contributed by atoms with van der Waals surface area (Å²) in [5.41, 5.74) is -0.684. The largest absolute Gasteiger partial charge is 0.388 e. The number of sulfonamides is 1. The van der Waals surface area contributed by atoms with Gasteiger partial charge in [-0.05, 0) is 52.7 Å². The second-order valence-electron chi connectivity index (χ2n) is 7.54. The highest BCUT2D eigenvalue weighted by atomic mass is 32.2. The van der Waals surface area contributed by atoms with Crippen molar-refractivity contribution in [1.82, 2.24) is 9.29 Å². The van der Waals surface area contributed by atoms with Crippen molar-refractivity contribution in [3.63, 3.8) is 0 Å². The van der Waals surface area contributed by atoms with E-state index in [4.69, 9.17) is 0 Å². The summed E-state index contributed by atoms with van der Waals surface area (Å²) in [6, 6.07) is 3.00. The van der Waals surface area contributed by atoms with Crippen LogP contribution in [0.25, 0.3) is 0 Å². The van der Waals surface area contributed by atoms with Crippen LogP contribution in [-0.2, 0) is 10.0 Å². The second-order valence-corrected chi connectivity index (χ2v) is 9.38. The van der Waals surface area contributed by atoms with Crippen LogP contribution in [0.4, 0.5) is 5.82 Å². The third kappa shape index (κ3) is 4.92. The number of nitrogens with zero attached hydrogens (tertiary/aromatic N) is 2. The van der Waals surface area contributed by atoms with Crippen molar-refractivity contribution in [3.05, 3.63) is 18.3 Å². The van der Waals surface area contributed by atoms with E-state index in [1.807, 2.05) is 27.7 Å². The lowest BCUT2D eigenvalue weighted by Gasteiger charge is -2.32. The van der Waals surface area contributed by atoms with Gasteiger partial charge in [-0.15, -0.1) is 0 Å². The molecule has 0 amide bonds. The summed E-state index contributed by atoms with van der Waals surface area (Å²) in [5, 5.41) is 13.7. The molecule has 1 saturated carbocycles. The van der Waals surface area contributed by atoms with E-state index in [9.17, 15) is 13.5 Å². The lowest BCUT2D eigenvalue weighted by molar-refractivity contribution is 0.0166. The molecule has 0 unspecified atom stereocenters. The van der Waals surface area contributed by atoms with E-state index >= 15 is 0 Å². The maximum atomic E-state index is 12.8. The maximum Gasteiger partial charge on any atom is 0.245 e. The lowest BCUT2D eigenvalue weighted by atomic mass is 9.85. The molecule has 0 aromatic carbocycles. The minimum Gasteiger partial charge on any atom is -0.388 e.